The zero-order chi connectivity index (χ0) is 17.7. The first-order chi connectivity index (χ1) is 11.5. The van der Waals surface area contributed by atoms with E-state index in [0.29, 0.717) is 0 Å². The monoisotopic (exact) mass is 463 g/mol. The van der Waals surface area contributed by atoms with Gasteiger partial charge in [0, 0.05) is 0 Å². The van der Waals surface area contributed by atoms with Crippen molar-refractivity contribution in [1.29, 1.82) is 0 Å². The number of hydrogen-bond acceptors (Lipinski definition) is 6. The summed E-state index contributed by atoms with van der Waals surface area (Å²) in [5.41, 5.74) is 0.688. The van der Waals surface area contributed by atoms with E-state index in [0.717, 1.165) is 6.07 Å². The van der Waals surface area contributed by atoms with Crippen LogP contribution in [0.15, 0.2) is 11.1 Å². The van der Waals surface area contributed by atoms with E-state index in [1.54, 1.807) is 5.48 Å². The Labute approximate surface area is 145 Å². The Morgan fingerprint density at radius 2 is 1.92 bits per heavy atom. The average Bonchev–Trinajstić information content (AvgIpc) is 3.11. The molecule has 0 aliphatic carbocycles. The van der Waals surface area contributed by atoms with Gasteiger partial charge in [-0.1, -0.05) is 0 Å². The zero-order valence-corrected chi connectivity index (χ0v) is 14.3. The van der Waals surface area contributed by atoms with E-state index in [-0.39, 0.29) is 23.4 Å². The van der Waals surface area contributed by atoms with Gasteiger partial charge < -0.3 is 0 Å². The molecule has 2 rings (SSSR count). The summed E-state index contributed by atoms with van der Waals surface area (Å²) in [6.07, 6.45) is -1.20. The molecule has 1 fully saturated rings. The summed E-state index contributed by atoms with van der Waals surface area (Å²) in [5.74, 6) is -5.28. The number of aliphatic imine (C=N–C) groups is 1. The fourth-order valence-corrected chi connectivity index (χ4v) is 3.22. The van der Waals surface area contributed by atoms with E-state index >= 15 is 0 Å². The summed E-state index contributed by atoms with van der Waals surface area (Å²) in [4.78, 5) is 3.86. The summed E-state index contributed by atoms with van der Waals surface area (Å²) in [5, 5.41) is 27.3. The Bertz CT molecular complexity index is 614. The first-order valence-electron chi connectivity index (χ1n) is 6.71. The van der Waals surface area contributed by atoms with Crippen LogP contribution in [0.25, 0.3) is 0 Å². The second-order valence-corrected chi connectivity index (χ2v) is 7.51. The van der Waals surface area contributed by atoms with Crippen LogP contribution in [0.4, 0.5) is 13.2 Å². The number of ether oxygens (including phenoxy) is 2. The van der Waals surface area contributed by atoms with Crippen molar-refractivity contribution in [1.82, 2.24) is 5.48 Å². The third-order valence-corrected chi connectivity index (χ3v) is 5.16. The van der Waals surface area contributed by atoms with Gasteiger partial charge in [-0.05, 0) is 0 Å². The molecule has 0 unspecified atom stereocenters. The van der Waals surface area contributed by atoms with Crippen molar-refractivity contribution in [3.63, 3.8) is 0 Å². The van der Waals surface area contributed by atoms with Gasteiger partial charge >= 0.3 is 145 Å². The number of aliphatic hydroxyl groups excluding tert-OH is 2. The Morgan fingerprint density at radius 1 is 1.25 bits per heavy atom. The van der Waals surface area contributed by atoms with Crippen molar-refractivity contribution >= 4 is 5.84 Å². The number of alkyl halides is 2. The molecule has 24 heavy (non-hydrogen) atoms. The van der Waals surface area contributed by atoms with Crippen LogP contribution in [0.2, 0.25) is 0 Å². The van der Waals surface area contributed by atoms with Crippen LogP contribution in [0.1, 0.15) is 17.4 Å². The molecule has 7 nitrogen and oxygen atoms in total. The molecule has 11 heteroatoms. The van der Waals surface area contributed by atoms with Gasteiger partial charge in [-0.2, -0.15) is 0 Å². The number of rotatable bonds is 6. The van der Waals surface area contributed by atoms with Crippen molar-refractivity contribution < 1.29 is 59.3 Å². The molecule has 0 saturated carbocycles. The molecule has 0 radical (unpaired) electrons. The predicted molar refractivity (Wildman–Crippen MR) is 70.4 cm³/mol. The molecule has 1 saturated heterocycles. The van der Waals surface area contributed by atoms with E-state index < -0.39 is 67.0 Å². The predicted octanol–water partition coefficient (Wildman–Crippen LogP) is -2.77. The Hall–Kier alpha value is -0.990. The van der Waals surface area contributed by atoms with Crippen molar-refractivity contribution in [3.8, 4) is 0 Å². The third kappa shape index (κ3) is 4.15. The number of nitrogens with one attached hydrogen (secondary N) is 1. The molecular formula is C13H15F3IN2O5-. The molecule has 1 heterocycles. The standard InChI is InChI=1S/C13H15F3IN2O5/c14-9-6(12(19-22)18-8(4-20)17-5-21)3-7(10(15)11(9)16)13-23-1-2-24-13/h3,8,13,20-22H,1-2,4-5H2,(H,18,19)/q-1/t8-/m1/s1. The van der Waals surface area contributed by atoms with Crippen LogP contribution in [-0.4, -0.2) is 49.7 Å². The molecule has 1 aliphatic rings. The van der Waals surface area contributed by atoms with Gasteiger partial charge in [-0.3, -0.25) is 0 Å². The van der Waals surface area contributed by atoms with Crippen molar-refractivity contribution in [2.45, 2.75) is 10.3 Å². The minimum atomic E-state index is -1.76. The van der Waals surface area contributed by atoms with Crippen molar-refractivity contribution in [3.05, 3.63) is 34.6 Å². The normalized spacial score (nSPS) is 17.5. The molecule has 1 aliphatic heterocycles. The fraction of sp³-hybridized carbons (Fsp3) is 0.462. The number of benzene rings is 1. The zero-order valence-electron chi connectivity index (χ0n) is 12.2. The molecule has 0 amide bonds. The molecule has 0 bridgehead atoms. The SMILES string of the molecule is OC[I-][C@@H](CO)N=C(NO)c1cc(C2OCCO2)c(F)c(F)c1F. The van der Waals surface area contributed by atoms with Gasteiger partial charge in [-0.15, -0.1) is 0 Å². The van der Waals surface area contributed by atoms with Crippen molar-refractivity contribution in [2.24, 2.45) is 4.99 Å². The molecule has 0 aromatic heterocycles. The van der Waals surface area contributed by atoms with Gasteiger partial charge in [0.05, 0.1) is 0 Å². The van der Waals surface area contributed by atoms with Crippen LogP contribution in [0.3, 0.4) is 0 Å². The van der Waals surface area contributed by atoms with Crippen LogP contribution in [-0.2, 0) is 9.47 Å². The van der Waals surface area contributed by atoms with Crippen LogP contribution in [0.5, 0.6) is 0 Å². The van der Waals surface area contributed by atoms with E-state index in [1.807, 2.05) is 0 Å². The number of amidine groups is 1. The second-order valence-electron chi connectivity index (χ2n) is 4.51. The molecule has 1 aromatic rings. The maximum atomic E-state index is 14.1. The van der Waals surface area contributed by atoms with E-state index in [2.05, 4.69) is 4.99 Å². The first-order valence-corrected chi connectivity index (χ1v) is 9.48. The number of halogens is 4. The summed E-state index contributed by atoms with van der Waals surface area (Å²) < 4.78 is 51.1. The van der Waals surface area contributed by atoms with Crippen LogP contribution >= 0.6 is 0 Å². The summed E-state index contributed by atoms with van der Waals surface area (Å²) in [6, 6.07) is 0.914. The number of nitrogens with zero attached hydrogens (tertiary/aromatic N) is 1. The molecule has 0 spiro atoms. The quantitative estimate of drug-likeness (QED) is 0.0694. The summed E-state index contributed by atoms with van der Waals surface area (Å²) in [7, 11) is 0. The Morgan fingerprint density at radius 3 is 2.46 bits per heavy atom. The molecule has 4 N–H and O–H groups in total. The van der Waals surface area contributed by atoms with Crippen LogP contribution < -0.4 is 26.7 Å². The van der Waals surface area contributed by atoms with E-state index in [4.69, 9.17) is 14.6 Å². The van der Waals surface area contributed by atoms with E-state index in [1.165, 1.54) is 0 Å². The molecule has 1 atom stereocenters. The molecular weight excluding hydrogens is 448 g/mol. The summed E-state index contributed by atoms with van der Waals surface area (Å²) >= 11 is -0.984. The van der Waals surface area contributed by atoms with Gasteiger partial charge in [0.25, 0.3) is 0 Å². The first kappa shape index (κ1) is 19.3. The van der Waals surface area contributed by atoms with Gasteiger partial charge in [0.1, 0.15) is 0 Å². The van der Waals surface area contributed by atoms with Crippen LogP contribution in [0, 0.1) is 17.5 Å². The maximum absolute atomic E-state index is 14.1. The fourth-order valence-electron chi connectivity index (χ4n) is 2.01. The van der Waals surface area contributed by atoms with Crippen molar-refractivity contribution in [2.75, 3.05) is 24.4 Å². The number of hydroxylamine groups is 1. The third-order valence-electron chi connectivity index (χ3n) is 3.08. The van der Waals surface area contributed by atoms with Gasteiger partial charge in [-0.25, -0.2) is 0 Å². The topological polar surface area (TPSA) is 104 Å². The Balaban J connectivity index is 2.48. The number of aliphatic hydroxyl groups is 2. The molecule has 1 aromatic carbocycles. The van der Waals surface area contributed by atoms with Gasteiger partial charge in [0.2, 0.25) is 0 Å². The van der Waals surface area contributed by atoms with Gasteiger partial charge in [0.15, 0.2) is 0 Å². The average molecular weight is 463 g/mol. The molecule has 136 valence electrons. The summed E-state index contributed by atoms with van der Waals surface area (Å²) in [6.45, 7) is -0.109. The second kappa shape index (κ2) is 8.92. The van der Waals surface area contributed by atoms with E-state index in [9.17, 15) is 23.5 Å². The number of hydrogen-bond donors (Lipinski definition) is 4. The minimum absolute atomic E-state index is 0.172. The Kier molecular flexibility index (Phi) is 7.18.